The number of nitrogens with one attached hydrogen (secondary N) is 2. The molecule has 0 amide bonds. The van der Waals surface area contributed by atoms with Crippen LogP contribution < -0.4 is 10.6 Å². The molecule has 1 aromatic carbocycles. The van der Waals surface area contributed by atoms with Crippen molar-refractivity contribution in [3.05, 3.63) is 24.3 Å². The average molecular weight is 374 g/mol. The molecule has 5 nitrogen and oxygen atoms in total. The molecule has 1 fully saturated rings. The Morgan fingerprint density at radius 3 is 2.41 bits per heavy atom. The topological polar surface area (TPSA) is 45.1 Å². The van der Waals surface area contributed by atoms with Crippen LogP contribution in [0, 0.1) is 0 Å². The number of hydrogen-bond donors (Lipinski definition) is 2. The summed E-state index contributed by atoms with van der Waals surface area (Å²) in [6.45, 7) is 14.5. The molecule has 0 spiro atoms. The van der Waals surface area contributed by atoms with Gasteiger partial charge in [-0.3, -0.25) is 4.68 Å². The Labute approximate surface area is 165 Å². The summed E-state index contributed by atoms with van der Waals surface area (Å²) in [5.41, 5.74) is 1.23. The van der Waals surface area contributed by atoms with Crippen LogP contribution in [0.15, 0.2) is 24.3 Å². The number of aryl methyl sites for hydroxylation is 1. The maximum atomic E-state index is 4.76. The maximum Gasteiger partial charge on any atom is 0.155 e. The van der Waals surface area contributed by atoms with E-state index >= 15 is 0 Å². The van der Waals surface area contributed by atoms with Gasteiger partial charge in [-0.1, -0.05) is 39.3 Å². The number of piperidine rings is 1. The van der Waals surface area contributed by atoms with E-state index in [1.807, 2.05) is 0 Å². The summed E-state index contributed by atoms with van der Waals surface area (Å²) in [5.74, 6) is 1.02. The standard InChI is InChI=1S/C17H28N4.C5H11N/c1-4-12-18-17-15-10-7-8-11-16(15)21(19-17)14-9-13-20(5-2)6-3;1-2-4-6-5-3-1/h7-8,10-11H,4-6,9,12-14H2,1-3H3,(H,18,19);6H,1-5H2. The predicted molar refractivity (Wildman–Crippen MR) is 118 cm³/mol. The van der Waals surface area contributed by atoms with Crippen LogP contribution in [-0.2, 0) is 6.54 Å². The van der Waals surface area contributed by atoms with Crippen LogP contribution in [0.3, 0.4) is 0 Å². The molecule has 27 heavy (non-hydrogen) atoms. The SMILES string of the molecule is C1CCNCC1.CCCNc1nn(CCCN(CC)CC)c2ccccc12. The highest BCUT2D eigenvalue weighted by Crippen LogP contribution is 2.22. The van der Waals surface area contributed by atoms with E-state index in [1.165, 1.54) is 43.3 Å². The molecule has 0 bridgehead atoms. The van der Waals surface area contributed by atoms with E-state index in [0.29, 0.717) is 0 Å². The van der Waals surface area contributed by atoms with Crippen LogP contribution in [0.4, 0.5) is 5.82 Å². The lowest BCUT2D eigenvalue weighted by molar-refractivity contribution is 0.292. The third-order valence-corrected chi connectivity index (χ3v) is 5.15. The Hall–Kier alpha value is -1.59. The molecule has 0 atom stereocenters. The maximum absolute atomic E-state index is 4.76. The smallest absolute Gasteiger partial charge is 0.155 e. The number of para-hydroxylation sites is 1. The minimum absolute atomic E-state index is 0.973. The van der Waals surface area contributed by atoms with Crippen molar-refractivity contribution >= 4 is 16.7 Å². The van der Waals surface area contributed by atoms with Gasteiger partial charge in [0.2, 0.25) is 0 Å². The molecule has 0 radical (unpaired) electrons. The van der Waals surface area contributed by atoms with Crippen molar-refractivity contribution < 1.29 is 0 Å². The molecule has 0 aliphatic carbocycles. The number of aromatic nitrogens is 2. The summed E-state index contributed by atoms with van der Waals surface area (Å²) in [7, 11) is 0. The van der Waals surface area contributed by atoms with E-state index < -0.39 is 0 Å². The molecule has 5 heteroatoms. The largest absolute Gasteiger partial charge is 0.368 e. The predicted octanol–water partition coefficient (Wildman–Crippen LogP) is 4.35. The van der Waals surface area contributed by atoms with E-state index in [9.17, 15) is 0 Å². The van der Waals surface area contributed by atoms with Crippen molar-refractivity contribution in [2.24, 2.45) is 0 Å². The zero-order chi connectivity index (χ0) is 19.3. The number of rotatable bonds is 9. The highest BCUT2D eigenvalue weighted by Gasteiger charge is 2.09. The third-order valence-electron chi connectivity index (χ3n) is 5.15. The van der Waals surface area contributed by atoms with Crippen molar-refractivity contribution in [3.63, 3.8) is 0 Å². The summed E-state index contributed by atoms with van der Waals surface area (Å²) in [5, 5.41) is 12.7. The van der Waals surface area contributed by atoms with Crippen molar-refractivity contribution in [1.29, 1.82) is 0 Å². The minimum atomic E-state index is 0.973. The summed E-state index contributed by atoms with van der Waals surface area (Å²) < 4.78 is 2.15. The first-order valence-electron chi connectivity index (χ1n) is 10.9. The second-order valence-electron chi connectivity index (χ2n) is 7.21. The van der Waals surface area contributed by atoms with Crippen LogP contribution in [0.2, 0.25) is 0 Å². The molecule has 2 N–H and O–H groups in total. The van der Waals surface area contributed by atoms with Crippen LogP contribution in [0.25, 0.3) is 10.9 Å². The van der Waals surface area contributed by atoms with Gasteiger partial charge in [0.05, 0.1) is 5.52 Å². The normalized spacial score (nSPS) is 14.2. The van der Waals surface area contributed by atoms with Gasteiger partial charge in [-0.2, -0.15) is 5.10 Å². The molecule has 1 aliphatic rings. The van der Waals surface area contributed by atoms with Crippen LogP contribution in [0.1, 0.15) is 52.9 Å². The molecule has 2 heterocycles. The summed E-state index contributed by atoms with van der Waals surface area (Å²) in [4.78, 5) is 2.46. The fraction of sp³-hybridized carbons (Fsp3) is 0.682. The summed E-state index contributed by atoms with van der Waals surface area (Å²) in [6, 6.07) is 8.49. The van der Waals surface area contributed by atoms with Crippen LogP contribution in [-0.4, -0.2) is 53.9 Å². The van der Waals surface area contributed by atoms with E-state index in [1.54, 1.807) is 0 Å². The first-order valence-corrected chi connectivity index (χ1v) is 10.9. The van der Waals surface area contributed by atoms with E-state index in [4.69, 9.17) is 5.10 Å². The summed E-state index contributed by atoms with van der Waals surface area (Å²) >= 11 is 0. The lowest BCUT2D eigenvalue weighted by Crippen LogP contribution is -2.25. The first-order chi connectivity index (χ1) is 13.3. The number of fused-ring (bicyclic) bond motifs is 1. The van der Waals surface area contributed by atoms with Gasteiger partial charge in [0.15, 0.2) is 5.82 Å². The molecule has 2 aromatic rings. The summed E-state index contributed by atoms with van der Waals surface area (Å²) in [6.07, 6.45) is 6.47. The zero-order valence-corrected chi connectivity index (χ0v) is 17.6. The van der Waals surface area contributed by atoms with Gasteiger partial charge in [-0.05, 0) is 70.5 Å². The lowest BCUT2D eigenvalue weighted by atomic mass is 10.2. The molecule has 0 unspecified atom stereocenters. The Balaban J connectivity index is 0.000000369. The monoisotopic (exact) mass is 373 g/mol. The first kappa shape index (κ1) is 21.7. The second kappa shape index (κ2) is 12.7. The molecule has 152 valence electrons. The highest BCUT2D eigenvalue weighted by atomic mass is 15.3. The zero-order valence-electron chi connectivity index (χ0n) is 17.6. The van der Waals surface area contributed by atoms with Gasteiger partial charge in [-0.15, -0.1) is 0 Å². The van der Waals surface area contributed by atoms with Gasteiger partial charge < -0.3 is 15.5 Å². The average Bonchev–Trinajstić information content (AvgIpc) is 3.09. The van der Waals surface area contributed by atoms with Crippen molar-refractivity contribution in [2.75, 3.05) is 44.6 Å². The Kier molecular flexibility index (Phi) is 10.2. The van der Waals surface area contributed by atoms with Crippen molar-refractivity contribution in [2.45, 2.75) is 59.4 Å². The Morgan fingerprint density at radius 1 is 1.07 bits per heavy atom. The van der Waals surface area contributed by atoms with E-state index in [0.717, 1.165) is 51.4 Å². The van der Waals surface area contributed by atoms with Gasteiger partial charge in [0.25, 0.3) is 0 Å². The van der Waals surface area contributed by atoms with Gasteiger partial charge >= 0.3 is 0 Å². The number of anilines is 1. The van der Waals surface area contributed by atoms with E-state index in [-0.39, 0.29) is 0 Å². The molecule has 1 saturated heterocycles. The number of benzene rings is 1. The molecule has 0 saturated carbocycles. The minimum Gasteiger partial charge on any atom is -0.368 e. The fourth-order valence-electron chi connectivity index (χ4n) is 3.46. The van der Waals surface area contributed by atoms with E-state index in [2.05, 4.69) is 65.3 Å². The second-order valence-corrected chi connectivity index (χ2v) is 7.21. The molecular formula is C22H39N5. The van der Waals surface area contributed by atoms with Gasteiger partial charge in [0, 0.05) is 18.5 Å². The van der Waals surface area contributed by atoms with Crippen molar-refractivity contribution in [3.8, 4) is 0 Å². The quantitative estimate of drug-likeness (QED) is 0.686. The molecule has 1 aliphatic heterocycles. The number of nitrogens with zero attached hydrogens (tertiary/aromatic N) is 3. The lowest BCUT2D eigenvalue weighted by Gasteiger charge is -2.17. The highest BCUT2D eigenvalue weighted by molar-refractivity contribution is 5.90. The third kappa shape index (κ3) is 7.15. The molecule has 1 aromatic heterocycles. The molecule has 3 rings (SSSR count). The van der Waals surface area contributed by atoms with Crippen LogP contribution >= 0.6 is 0 Å². The number of hydrogen-bond acceptors (Lipinski definition) is 4. The van der Waals surface area contributed by atoms with Crippen LogP contribution in [0.5, 0.6) is 0 Å². The Bertz CT molecular complexity index is 617. The fourth-order valence-corrected chi connectivity index (χ4v) is 3.46. The van der Waals surface area contributed by atoms with Gasteiger partial charge in [-0.25, -0.2) is 0 Å². The van der Waals surface area contributed by atoms with Crippen molar-refractivity contribution in [1.82, 2.24) is 20.0 Å². The molecular weight excluding hydrogens is 334 g/mol. The van der Waals surface area contributed by atoms with Gasteiger partial charge in [0.1, 0.15) is 0 Å². The Morgan fingerprint density at radius 2 is 1.81 bits per heavy atom.